The Morgan fingerprint density at radius 2 is 2.08 bits per heavy atom. The summed E-state index contributed by atoms with van der Waals surface area (Å²) in [4.78, 5) is 11.2. The SMILES string of the molecule is O=C(O)CCCn1c(O)c(C=C2C=NN=C2c2ccccc2)sc1=S. The zero-order chi connectivity index (χ0) is 17.8. The summed E-state index contributed by atoms with van der Waals surface area (Å²) in [6.07, 6.45) is 3.87. The lowest BCUT2D eigenvalue weighted by atomic mass is 10.0. The van der Waals surface area contributed by atoms with Gasteiger partial charge in [0.15, 0.2) is 3.95 Å². The van der Waals surface area contributed by atoms with Gasteiger partial charge in [-0.05, 0) is 24.7 Å². The Labute approximate surface area is 153 Å². The summed E-state index contributed by atoms with van der Waals surface area (Å²) in [6, 6.07) is 9.67. The lowest BCUT2D eigenvalue weighted by Gasteiger charge is -2.04. The van der Waals surface area contributed by atoms with Crippen molar-refractivity contribution in [3.05, 3.63) is 50.3 Å². The first-order valence-corrected chi connectivity index (χ1v) is 8.81. The number of hydrogen-bond donors (Lipinski definition) is 2. The van der Waals surface area contributed by atoms with Crippen molar-refractivity contribution in [2.24, 2.45) is 10.2 Å². The van der Waals surface area contributed by atoms with Crippen LogP contribution in [-0.4, -0.2) is 32.7 Å². The number of aliphatic carboxylic acids is 1. The van der Waals surface area contributed by atoms with Gasteiger partial charge in [0.1, 0.15) is 5.71 Å². The van der Waals surface area contributed by atoms with Crippen LogP contribution in [0.5, 0.6) is 5.88 Å². The molecular formula is C17H15N3O3S2. The largest absolute Gasteiger partial charge is 0.493 e. The van der Waals surface area contributed by atoms with E-state index in [1.54, 1.807) is 16.9 Å². The molecule has 1 aliphatic heterocycles. The highest BCUT2D eigenvalue weighted by Crippen LogP contribution is 2.30. The third kappa shape index (κ3) is 3.92. The zero-order valence-electron chi connectivity index (χ0n) is 13.1. The number of thiazole rings is 1. The predicted octanol–water partition coefficient (Wildman–Crippen LogP) is 3.72. The topological polar surface area (TPSA) is 87.2 Å². The van der Waals surface area contributed by atoms with E-state index in [1.807, 2.05) is 30.3 Å². The van der Waals surface area contributed by atoms with E-state index in [0.29, 0.717) is 21.8 Å². The molecule has 2 N–H and O–H groups in total. The molecule has 0 saturated carbocycles. The number of nitrogens with zero attached hydrogens (tertiary/aromatic N) is 3. The van der Waals surface area contributed by atoms with Gasteiger partial charge in [0, 0.05) is 24.1 Å². The van der Waals surface area contributed by atoms with E-state index in [1.165, 1.54) is 11.3 Å². The second-order valence-electron chi connectivity index (χ2n) is 5.36. The molecule has 0 fully saturated rings. The lowest BCUT2D eigenvalue weighted by Crippen LogP contribution is -2.02. The van der Waals surface area contributed by atoms with E-state index < -0.39 is 5.97 Å². The standard InChI is InChI=1S/C17H15N3O3S2/c21-14(22)7-4-8-20-16(23)13(25-17(20)24)9-12-10-18-19-15(12)11-5-2-1-3-6-11/h1-3,5-6,9-10,23H,4,7-8H2,(H,21,22). The molecule has 128 valence electrons. The van der Waals surface area contributed by atoms with Gasteiger partial charge in [-0.1, -0.05) is 30.3 Å². The van der Waals surface area contributed by atoms with E-state index in [0.717, 1.165) is 16.8 Å². The quantitative estimate of drug-likeness (QED) is 0.756. The summed E-state index contributed by atoms with van der Waals surface area (Å²) < 4.78 is 2.06. The minimum Gasteiger partial charge on any atom is -0.493 e. The molecule has 8 heteroatoms. The van der Waals surface area contributed by atoms with Crippen LogP contribution in [0.25, 0.3) is 6.08 Å². The van der Waals surface area contributed by atoms with Crippen LogP contribution in [0.15, 0.2) is 46.1 Å². The first kappa shape index (κ1) is 17.2. The predicted molar refractivity (Wildman–Crippen MR) is 101 cm³/mol. The molecule has 3 rings (SSSR count). The average molecular weight is 373 g/mol. The van der Waals surface area contributed by atoms with Crippen LogP contribution in [0.2, 0.25) is 0 Å². The van der Waals surface area contributed by atoms with E-state index in [4.69, 9.17) is 17.3 Å². The fourth-order valence-electron chi connectivity index (χ4n) is 2.43. The molecule has 0 amide bonds. The van der Waals surface area contributed by atoms with Crippen molar-refractivity contribution < 1.29 is 15.0 Å². The minimum absolute atomic E-state index is 0.0327. The minimum atomic E-state index is -0.866. The van der Waals surface area contributed by atoms with E-state index >= 15 is 0 Å². The van der Waals surface area contributed by atoms with Crippen LogP contribution in [-0.2, 0) is 11.3 Å². The smallest absolute Gasteiger partial charge is 0.303 e. The Morgan fingerprint density at radius 1 is 1.32 bits per heavy atom. The molecule has 0 bridgehead atoms. The van der Waals surface area contributed by atoms with Gasteiger partial charge < -0.3 is 10.2 Å². The molecule has 2 aromatic rings. The van der Waals surface area contributed by atoms with Gasteiger partial charge >= 0.3 is 5.97 Å². The van der Waals surface area contributed by atoms with Gasteiger partial charge in [-0.2, -0.15) is 5.10 Å². The molecule has 2 heterocycles. The molecule has 0 spiro atoms. The molecule has 6 nitrogen and oxygen atoms in total. The number of hydrogen-bond acceptors (Lipinski definition) is 6. The highest BCUT2D eigenvalue weighted by molar-refractivity contribution is 7.73. The van der Waals surface area contributed by atoms with Gasteiger partial charge in [0.05, 0.1) is 11.1 Å². The van der Waals surface area contributed by atoms with Crippen LogP contribution in [0.1, 0.15) is 23.3 Å². The number of aromatic hydroxyl groups is 1. The number of benzene rings is 1. The zero-order valence-corrected chi connectivity index (χ0v) is 14.8. The Bertz CT molecular complexity index is 940. The van der Waals surface area contributed by atoms with Crippen molar-refractivity contribution in [1.82, 2.24) is 4.57 Å². The van der Waals surface area contributed by atoms with Crippen LogP contribution in [0, 0.1) is 3.95 Å². The molecule has 0 atom stereocenters. The van der Waals surface area contributed by atoms with E-state index in [2.05, 4.69) is 10.2 Å². The van der Waals surface area contributed by atoms with Gasteiger partial charge in [0.2, 0.25) is 5.88 Å². The number of carboxylic acids is 1. The maximum atomic E-state index is 10.6. The second-order valence-corrected chi connectivity index (χ2v) is 7.04. The summed E-state index contributed by atoms with van der Waals surface area (Å²) in [6.45, 7) is 0.365. The highest BCUT2D eigenvalue weighted by Gasteiger charge is 2.16. The first-order chi connectivity index (χ1) is 12.1. The van der Waals surface area contributed by atoms with Crippen LogP contribution < -0.4 is 0 Å². The molecule has 0 aliphatic carbocycles. The normalized spacial score (nSPS) is 14.9. The maximum Gasteiger partial charge on any atom is 0.303 e. The van der Waals surface area contributed by atoms with Crippen molar-refractivity contribution >= 4 is 47.5 Å². The third-order valence-electron chi connectivity index (χ3n) is 3.63. The molecule has 0 saturated heterocycles. The Morgan fingerprint density at radius 3 is 2.80 bits per heavy atom. The van der Waals surface area contributed by atoms with Gasteiger partial charge in [-0.15, -0.1) is 16.4 Å². The van der Waals surface area contributed by atoms with Crippen molar-refractivity contribution in [1.29, 1.82) is 0 Å². The summed E-state index contributed by atoms with van der Waals surface area (Å²) in [7, 11) is 0. The molecule has 1 aromatic carbocycles. The summed E-state index contributed by atoms with van der Waals surface area (Å²) in [5.41, 5.74) is 2.46. The van der Waals surface area contributed by atoms with Gasteiger partial charge in [-0.3, -0.25) is 9.36 Å². The number of aromatic nitrogens is 1. The van der Waals surface area contributed by atoms with Crippen LogP contribution in [0.3, 0.4) is 0 Å². The first-order valence-electron chi connectivity index (χ1n) is 7.59. The third-order valence-corrected chi connectivity index (χ3v) is 5.01. The number of carbonyl (C=O) groups is 1. The Balaban J connectivity index is 1.86. The summed E-state index contributed by atoms with van der Waals surface area (Å²) in [5, 5.41) is 27.3. The van der Waals surface area contributed by atoms with Crippen molar-refractivity contribution in [2.45, 2.75) is 19.4 Å². The van der Waals surface area contributed by atoms with Crippen molar-refractivity contribution in [3.63, 3.8) is 0 Å². The van der Waals surface area contributed by atoms with Crippen molar-refractivity contribution in [2.75, 3.05) is 0 Å². The summed E-state index contributed by atoms with van der Waals surface area (Å²) in [5.74, 6) is -0.824. The van der Waals surface area contributed by atoms with E-state index in [9.17, 15) is 9.90 Å². The number of rotatable bonds is 6. The highest BCUT2D eigenvalue weighted by atomic mass is 32.1. The lowest BCUT2D eigenvalue weighted by molar-refractivity contribution is -0.137. The van der Waals surface area contributed by atoms with Gasteiger partial charge in [-0.25, -0.2) is 0 Å². The fourth-order valence-corrected chi connectivity index (χ4v) is 3.74. The number of carboxylic acid groups (broad SMARTS) is 1. The molecule has 0 unspecified atom stereocenters. The van der Waals surface area contributed by atoms with Crippen LogP contribution >= 0.6 is 23.6 Å². The monoisotopic (exact) mass is 373 g/mol. The second kappa shape index (κ2) is 7.54. The Hall–Kier alpha value is -2.58. The van der Waals surface area contributed by atoms with Gasteiger partial charge in [0.25, 0.3) is 0 Å². The Kier molecular flexibility index (Phi) is 5.20. The maximum absolute atomic E-state index is 10.6. The van der Waals surface area contributed by atoms with E-state index in [-0.39, 0.29) is 12.3 Å². The number of allylic oxidation sites excluding steroid dienone is 1. The molecule has 1 aromatic heterocycles. The average Bonchev–Trinajstić information content (AvgIpc) is 3.15. The molecule has 25 heavy (non-hydrogen) atoms. The molecule has 0 radical (unpaired) electrons. The fraction of sp³-hybridized carbons (Fsp3) is 0.176. The van der Waals surface area contributed by atoms with Crippen molar-refractivity contribution in [3.8, 4) is 5.88 Å². The summed E-state index contributed by atoms with van der Waals surface area (Å²) >= 11 is 6.56. The molecule has 1 aliphatic rings. The molecular weight excluding hydrogens is 358 g/mol. The van der Waals surface area contributed by atoms with Crippen LogP contribution in [0.4, 0.5) is 0 Å².